The van der Waals surface area contributed by atoms with Crippen molar-refractivity contribution in [2.24, 2.45) is 5.92 Å². The number of amides is 2. The molecular weight excluding hydrogens is 402 g/mol. The Morgan fingerprint density at radius 1 is 1.12 bits per heavy atom. The number of nitriles is 1. The molecule has 6 nitrogen and oxygen atoms in total. The van der Waals surface area contributed by atoms with Crippen LogP contribution in [0.4, 0.5) is 0 Å². The van der Waals surface area contributed by atoms with E-state index in [0.717, 1.165) is 31.2 Å². The molecule has 2 aromatic carbocycles. The largest absolute Gasteiger partial charge is 0.496 e. The van der Waals surface area contributed by atoms with Crippen LogP contribution in [0.15, 0.2) is 48.5 Å². The number of benzene rings is 2. The van der Waals surface area contributed by atoms with Gasteiger partial charge in [-0.05, 0) is 55.0 Å². The SMILES string of the molecule is COc1ccccc1C(=O)N1C(C(=O)N(C)Cc2ccc(C#N)cc2)CC2CCCCC21. The second-order valence-corrected chi connectivity index (χ2v) is 8.78. The number of para-hydroxylation sites is 1. The Labute approximate surface area is 189 Å². The van der Waals surface area contributed by atoms with Crippen LogP contribution in [-0.4, -0.2) is 47.9 Å². The highest BCUT2D eigenvalue weighted by Crippen LogP contribution is 2.41. The zero-order chi connectivity index (χ0) is 22.7. The Kier molecular flexibility index (Phi) is 6.45. The molecule has 0 bridgehead atoms. The average Bonchev–Trinajstić information content (AvgIpc) is 3.23. The summed E-state index contributed by atoms with van der Waals surface area (Å²) in [6.07, 6.45) is 4.94. The van der Waals surface area contributed by atoms with E-state index in [2.05, 4.69) is 6.07 Å². The number of rotatable bonds is 5. The molecule has 1 saturated heterocycles. The summed E-state index contributed by atoms with van der Waals surface area (Å²) in [6.45, 7) is 0.438. The fourth-order valence-electron chi connectivity index (χ4n) is 5.22. The van der Waals surface area contributed by atoms with Crippen molar-refractivity contribution in [3.8, 4) is 11.8 Å². The Balaban J connectivity index is 1.59. The number of methoxy groups -OCH3 is 1. The summed E-state index contributed by atoms with van der Waals surface area (Å²) < 4.78 is 5.44. The highest BCUT2D eigenvalue weighted by atomic mass is 16.5. The molecule has 6 heteroatoms. The lowest BCUT2D eigenvalue weighted by Gasteiger charge is -2.35. The molecule has 2 aromatic rings. The number of likely N-dealkylation sites (tertiary alicyclic amines) is 1. The highest BCUT2D eigenvalue weighted by Gasteiger charge is 2.48. The number of hydrogen-bond acceptors (Lipinski definition) is 4. The van der Waals surface area contributed by atoms with Gasteiger partial charge >= 0.3 is 0 Å². The van der Waals surface area contributed by atoms with Crippen molar-refractivity contribution in [2.75, 3.05) is 14.2 Å². The number of hydrogen-bond donors (Lipinski definition) is 0. The summed E-state index contributed by atoms with van der Waals surface area (Å²) in [4.78, 5) is 30.8. The van der Waals surface area contributed by atoms with E-state index in [1.54, 1.807) is 43.3 Å². The maximum Gasteiger partial charge on any atom is 0.258 e. The van der Waals surface area contributed by atoms with Gasteiger partial charge < -0.3 is 14.5 Å². The van der Waals surface area contributed by atoms with Crippen molar-refractivity contribution in [3.05, 3.63) is 65.2 Å². The minimum Gasteiger partial charge on any atom is -0.496 e. The van der Waals surface area contributed by atoms with E-state index < -0.39 is 6.04 Å². The number of fused-ring (bicyclic) bond motifs is 1. The smallest absolute Gasteiger partial charge is 0.258 e. The summed E-state index contributed by atoms with van der Waals surface area (Å²) >= 11 is 0. The van der Waals surface area contributed by atoms with E-state index in [4.69, 9.17) is 10.00 Å². The van der Waals surface area contributed by atoms with Crippen LogP contribution in [0.3, 0.4) is 0 Å². The molecule has 2 fully saturated rings. The molecule has 1 saturated carbocycles. The molecule has 0 N–H and O–H groups in total. The van der Waals surface area contributed by atoms with Crippen molar-refractivity contribution in [1.29, 1.82) is 5.26 Å². The summed E-state index contributed by atoms with van der Waals surface area (Å²) in [6, 6.07) is 16.2. The molecule has 0 spiro atoms. The van der Waals surface area contributed by atoms with Gasteiger partial charge in [0.15, 0.2) is 0 Å². The van der Waals surface area contributed by atoms with Crippen LogP contribution in [-0.2, 0) is 11.3 Å². The van der Waals surface area contributed by atoms with Gasteiger partial charge in [-0.2, -0.15) is 5.26 Å². The number of likely N-dealkylation sites (N-methyl/N-ethyl adjacent to an activating group) is 1. The van der Waals surface area contributed by atoms with Gasteiger partial charge in [-0.15, -0.1) is 0 Å². The molecule has 166 valence electrons. The number of nitrogens with zero attached hydrogens (tertiary/aromatic N) is 3. The van der Waals surface area contributed by atoms with Crippen molar-refractivity contribution in [1.82, 2.24) is 9.80 Å². The van der Waals surface area contributed by atoms with Gasteiger partial charge in [0.25, 0.3) is 5.91 Å². The van der Waals surface area contributed by atoms with Crippen LogP contribution >= 0.6 is 0 Å². The van der Waals surface area contributed by atoms with E-state index in [1.807, 2.05) is 29.2 Å². The van der Waals surface area contributed by atoms with Crippen LogP contribution < -0.4 is 4.74 Å². The van der Waals surface area contributed by atoms with Gasteiger partial charge in [0.1, 0.15) is 11.8 Å². The first kappa shape index (κ1) is 21.9. The molecule has 3 atom stereocenters. The zero-order valence-electron chi connectivity index (χ0n) is 18.7. The Morgan fingerprint density at radius 2 is 1.84 bits per heavy atom. The predicted octanol–water partition coefficient (Wildman–Crippen LogP) is 4.00. The van der Waals surface area contributed by atoms with Crippen LogP contribution in [0, 0.1) is 17.2 Å². The van der Waals surface area contributed by atoms with Gasteiger partial charge in [-0.25, -0.2) is 0 Å². The van der Waals surface area contributed by atoms with Crippen LogP contribution in [0.5, 0.6) is 5.75 Å². The molecule has 1 aliphatic heterocycles. The Bertz CT molecular complexity index is 1030. The van der Waals surface area contributed by atoms with Crippen molar-refractivity contribution >= 4 is 11.8 Å². The van der Waals surface area contributed by atoms with Gasteiger partial charge in [0.2, 0.25) is 5.91 Å². The van der Waals surface area contributed by atoms with Gasteiger partial charge in [0.05, 0.1) is 24.3 Å². The molecule has 1 aliphatic carbocycles. The number of ether oxygens (including phenoxy) is 1. The summed E-state index contributed by atoms with van der Waals surface area (Å²) in [5.74, 6) is 0.738. The van der Waals surface area contributed by atoms with Crippen LogP contribution in [0.2, 0.25) is 0 Å². The van der Waals surface area contributed by atoms with E-state index >= 15 is 0 Å². The minimum absolute atomic E-state index is 0.0352. The number of carbonyl (C=O) groups excluding carboxylic acids is 2. The quantitative estimate of drug-likeness (QED) is 0.717. The molecule has 1 heterocycles. The molecule has 2 aliphatic rings. The maximum atomic E-state index is 13.7. The monoisotopic (exact) mass is 431 g/mol. The van der Waals surface area contributed by atoms with Crippen LogP contribution in [0.25, 0.3) is 0 Å². The highest BCUT2D eigenvalue weighted by molar-refractivity contribution is 6.00. The first-order chi connectivity index (χ1) is 15.5. The van der Waals surface area contributed by atoms with Gasteiger partial charge in [-0.1, -0.05) is 37.1 Å². The van der Waals surface area contributed by atoms with Crippen molar-refractivity contribution in [2.45, 2.75) is 50.7 Å². The first-order valence-corrected chi connectivity index (χ1v) is 11.2. The lowest BCUT2D eigenvalue weighted by molar-refractivity contribution is -0.134. The van der Waals surface area contributed by atoms with E-state index in [9.17, 15) is 9.59 Å². The lowest BCUT2D eigenvalue weighted by Crippen LogP contribution is -2.49. The summed E-state index contributed by atoms with van der Waals surface area (Å²) in [7, 11) is 3.35. The Morgan fingerprint density at radius 3 is 2.56 bits per heavy atom. The first-order valence-electron chi connectivity index (χ1n) is 11.2. The van der Waals surface area contributed by atoms with E-state index in [0.29, 0.717) is 35.8 Å². The molecule has 0 aromatic heterocycles. The maximum absolute atomic E-state index is 13.7. The van der Waals surface area contributed by atoms with Crippen molar-refractivity contribution in [3.63, 3.8) is 0 Å². The molecule has 2 amide bonds. The summed E-state index contributed by atoms with van der Waals surface area (Å²) in [5.41, 5.74) is 2.06. The average molecular weight is 432 g/mol. The minimum atomic E-state index is -0.469. The molecule has 4 rings (SSSR count). The second-order valence-electron chi connectivity index (χ2n) is 8.78. The molecule has 32 heavy (non-hydrogen) atoms. The fourth-order valence-corrected chi connectivity index (χ4v) is 5.22. The summed E-state index contributed by atoms with van der Waals surface area (Å²) in [5, 5.41) is 9.00. The third kappa shape index (κ3) is 4.20. The third-order valence-corrected chi connectivity index (χ3v) is 6.82. The normalized spacial score (nSPS) is 22.0. The van der Waals surface area contributed by atoms with E-state index in [1.165, 1.54) is 0 Å². The zero-order valence-corrected chi connectivity index (χ0v) is 18.7. The van der Waals surface area contributed by atoms with Crippen LogP contribution in [0.1, 0.15) is 53.6 Å². The molecule has 3 unspecified atom stereocenters. The third-order valence-electron chi connectivity index (χ3n) is 6.82. The van der Waals surface area contributed by atoms with Crippen molar-refractivity contribution < 1.29 is 14.3 Å². The van der Waals surface area contributed by atoms with Gasteiger partial charge in [0, 0.05) is 19.6 Å². The number of carbonyl (C=O) groups is 2. The van der Waals surface area contributed by atoms with Gasteiger partial charge in [-0.3, -0.25) is 9.59 Å². The molecule has 0 radical (unpaired) electrons. The standard InChI is InChI=1S/C26H29N3O3/c1-28(17-19-13-11-18(16-27)12-14-19)26(31)23-15-20-7-3-5-9-22(20)29(23)25(30)21-8-4-6-10-24(21)32-2/h4,6,8,10-14,20,22-23H,3,5,7,9,15,17H2,1-2H3. The fraction of sp³-hybridized carbons (Fsp3) is 0.423. The van der Waals surface area contributed by atoms with E-state index in [-0.39, 0.29) is 17.9 Å². The molecular formula is C26H29N3O3. The lowest BCUT2D eigenvalue weighted by atomic mass is 9.84. The predicted molar refractivity (Wildman–Crippen MR) is 121 cm³/mol. The Hall–Kier alpha value is -3.33. The topological polar surface area (TPSA) is 73.6 Å². The second kappa shape index (κ2) is 9.44.